The first-order valence-electron chi connectivity index (χ1n) is 10.4. The average molecular weight is 427 g/mol. The van der Waals surface area contributed by atoms with E-state index in [0.717, 1.165) is 16.8 Å². The summed E-state index contributed by atoms with van der Waals surface area (Å²) >= 11 is 0. The molecule has 2 aromatic carbocycles. The molecule has 168 valence electrons. The van der Waals surface area contributed by atoms with Gasteiger partial charge in [0, 0.05) is 38.6 Å². The molecular weight excluding hydrogens is 392 g/mol. The van der Waals surface area contributed by atoms with Gasteiger partial charge in [-0.3, -0.25) is 4.79 Å². The molecular formula is C24H34N4O3. The van der Waals surface area contributed by atoms with Crippen LogP contribution in [0.2, 0.25) is 0 Å². The summed E-state index contributed by atoms with van der Waals surface area (Å²) in [6, 6.07) is 15.4. The summed E-state index contributed by atoms with van der Waals surface area (Å²) in [7, 11) is 5.40. The van der Waals surface area contributed by atoms with Crippen LogP contribution in [0.5, 0.6) is 0 Å². The van der Waals surface area contributed by atoms with Gasteiger partial charge in [0.05, 0.1) is 12.6 Å². The van der Waals surface area contributed by atoms with Crippen molar-refractivity contribution in [3.8, 4) is 0 Å². The molecule has 0 aromatic heterocycles. The SMILES string of the molecule is COCC(=O)Nc1ccc(N(C)C)c(CN(C(=O)NC(C)C)[C@@H](C)c2ccccc2)c1. The molecule has 0 aliphatic carbocycles. The first-order valence-corrected chi connectivity index (χ1v) is 10.4. The fraction of sp³-hybridized carbons (Fsp3) is 0.417. The molecule has 0 fully saturated rings. The van der Waals surface area contributed by atoms with Gasteiger partial charge < -0.3 is 25.2 Å². The molecule has 7 heteroatoms. The largest absolute Gasteiger partial charge is 0.377 e. The minimum Gasteiger partial charge on any atom is -0.377 e. The van der Waals surface area contributed by atoms with Gasteiger partial charge >= 0.3 is 6.03 Å². The first kappa shape index (κ1) is 24.2. The topological polar surface area (TPSA) is 73.9 Å². The van der Waals surface area contributed by atoms with Crippen molar-refractivity contribution in [3.63, 3.8) is 0 Å². The zero-order chi connectivity index (χ0) is 23.0. The van der Waals surface area contributed by atoms with Crippen molar-refractivity contribution < 1.29 is 14.3 Å². The van der Waals surface area contributed by atoms with Crippen LogP contribution in [-0.4, -0.2) is 50.7 Å². The highest BCUT2D eigenvalue weighted by molar-refractivity contribution is 5.92. The number of benzene rings is 2. The van der Waals surface area contributed by atoms with Crippen molar-refractivity contribution >= 4 is 23.3 Å². The van der Waals surface area contributed by atoms with Crippen molar-refractivity contribution in [1.29, 1.82) is 0 Å². The van der Waals surface area contributed by atoms with Gasteiger partial charge in [-0.2, -0.15) is 0 Å². The quantitative estimate of drug-likeness (QED) is 0.635. The Bertz CT molecular complexity index is 868. The van der Waals surface area contributed by atoms with Gasteiger partial charge in [-0.05, 0) is 50.1 Å². The Morgan fingerprint density at radius 1 is 1.03 bits per heavy atom. The molecule has 31 heavy (non-hydrogen) atoms. The Labute approximate surface area is 185 Å². The van der Waals surface area contributed by atoms with Crippen molar-refractivity contribution in [2.75, 3.05) is 38.0 Å². The van der Waals surface area contributed by atoms with Crippen LogP contribution in [0, 0.1) is 0 Å². The third kappa shape index (κ3) is 7.00. The number of hydrogen-bond donors (Lipinski definition) is 2. The van der Waals surface area contributed by atoms with Crippen LogP contribution in [0.3, 0.4) is 0 Å². The second-order valence-corrected chi connectivity index (χ2v) is 8.04. The minimum absolute atomic E-state index is 0.0152. The van der Waals surface area contributed by atoms with E-state index >= 15 is 0 Å². The number of anilines is 2. The average Bonchev–Trinajstić information content (AvgIpc) is 2.71. The summed E-state index contributed by atoms with van der Waals surface area (Å²) in [5.41, 5.74) is 3.63. The lowest BCUT2D eigenvalue weighted by atomic mass is 10.0. The summed E-state index contributed by atoms with van der Waals surface area (Å²) in [5, 5.41) is 5.86. The van der Waals surface area contributed by atoms with E-state index in [4.69, 9.17) is 4.74 Å². The molecule has 0 aliphatic rings. The number of carbonyl (C=O) groups excluding carboxylic acids is 2. The second kappa shape index (κ2) is 11.4. The molecule has 0 bridgehead atoms. The standard InChI is InChI=1S/C24H34N4O3/c1-17(2)25-24(30)28(18(3)19-10-8-7-9-11-19)15-20-14-21(26-23(29)16-31-6)12-13-22(20)27(4)5/h7-14,17-18H,15-16H2,1-6H3,(H,25,30)(H,26,29)/t18-/m0/s1. The molecule has 0 spiro atoms. The number of ether oxygens (including phenoxy) is 1. The first-order chi connectivity index (χ1) is 14.7. The molecule has 1 atom stereocenters. The van der Waals surface area contributed by atoms with Gasteiger partial charge in [0.25, 0.3) is 0 Å². The van der Waals surface area contributed by atoms with Crippen molar-refractivity contribution in [2.24, 2.45) is 0 Å². The molecule has 0 saturated heterocycles. The normalized spacial score (nSPS) is 11.7. The van der Waals surface area contributed by atoms with Crippen LogP contribution in [0.4, 0.5) is 16.2 Å². The summed E-state index contributed by atoms with van der Waals surface area (Å²) in [6.45, 7) is 6.28. The molecule has 0 radical (unpaired) electrons. The molecule has 2 aromatic rings. The third-order valence-electron chi connectivity index (χ3n) is 4.88. The fourth-order valence-corrected chi connectivity index (χ4v) is 3.36. The lowest BCUT2D eigenvalue weighted by molar-refractivity contribution is -0.119. The third-order valence-corrected chi connectivity index (χ3v) is 4.88. The highest BCUT2D eigenvalue weighted by Crippen LogP contribution is 2.28. The van der Waals surface area contributed by atoms with Crippen LogP contribution in [0.1, 0.15) is 37.9 Å². The van der Waals surface area contributed by atoms with Gasteiger partial charge in [0.15, 0.2) is 0 Å². The summed E-state index contributed by atoms with van der Waals surface area (Å²) in [6.07, 6.45) is 0. The number of nitrogens with one attached hydrogen (secondary N) is 2. The number of amides is 3. The zero-order valence-electron chi connectivity index (χ0n) is 19.3. The number of nitrogens with zero attached hydrogens (tertiary/aromatic N) is 2. The molecule has 0 heterocycles. The van der Waals surface area contributed by atoms with E-state index < -0.39 is 0 Å². The van der Waals surface area contributed by atoms with E-state index in [0.29, 0.717) is 12.2 Å². The maximum Gasteiger partial charge on any atom is 0.318 e. The van der Waals surface area contributed by atoms with E-state index in [1.54, 1.807) is 0 Å². The van der Waals surface area contributed by atoms with E-state index in [-0.39, 0.29) is 30.6 Å². The Kier molecular flexibility index (Phi) is 8.88. The summed E-state index contributed by atoms with van der Waals surface area (Å²) < 4.78 is 4.90. The van der Waals surface area contributed by atoms with Gasteiger partial charge in [-0.15, -0.1) is 0 Å². The highest BCUT2D eigenvalue weighted by Gasteiger charge is 2.24. The van der Waals surface area contributed by atoms with Crippen molar-refractivity contribution in [1.82, 2.24) is 10.2 Å². The number of hydrogen-bond acceptors (Lipinski definition) is 4. The Hall–Kier alpha value is -3.06. The van der Waals surface area contributed by atoms with Gasteiger partial charge in [0.2, 0.25) is 5.91 Å². The predicted molar refractivity (Wildman–Crippen MR) is 125 cm³/mol. The maximum absolute atomic E-state index is 13.1. The van der Waals surface area contributed by atoms with Gasteiger partial charge in [0.1, 0.15) is 6.61 Å². The van der Waals surface area contributed by atoms with Crippen molar-refractivity contribution in [2.45, 2.75) is 39.4 Å². The number of carbonyl (C=O) groups is 2. The lowest BCUT2D eigenvalue weighted by Crippen LogP contribution is -2.44. The van der Waals surface area contributed by atoms with E-state index in [1.165, 1.54) is 7.11 Å². The Balaban J connectivity index is 2.40. The smallest absolute Gasteiger partial charge is 0.318 e. The van der Waals surface area contributed by atoms with Crippen LogP contribution in [-0.2, 0) is 16.1 Å². The van der Waals surface area contributed by atoms with E-state index in [1.807, 2.05) is 93.2 Å². The number of rotatable bonds is 9. The zero-order valence-corrected chi connectivity index (χ0v) is 19.3. The number of methoxy groups -OCH3 is 1. The second-order valence-electron chi connectivity index (χ2n) is 8.04. The Morgan fingerprint density at radius 3 is 2.29 bits per heavy atom. The molecule has 0 saturated carbocycles. The molecule has 2 rings (SSSR count). The molecule has 7 nitrogen and oxygen atoms in total. The lowest BCUT2D eigenvalue weighted by Gasteiger charge is -2.32. The van der Waals surface area contributed by atoms with Crippen LogP contribution in [0.15, 0.2) is 48.5 Å². The molecule has 0 unspecified atom stereocenters. The van der Waals surface area contributed by atoms with E-state index in [2.05, 4.69) is 10.6 Å². The molecule has 0 aliphatic heterocycles. The fourth-order valence-electron chi connectivity index (χ4n) is 3.36. The van der Waals surface area contributed by atoms with Gasteiger partial charge in [-0.25, -0.2) is 4.79 Å². The number of urea groups is 1. The summed E-state index contributed by atoms with van der Waals surface area (Å²) in [4.78, 5) is 28.9. The monoisotopic (exact) mass is 426 g/mol. The molecule has 3 amide bonds. The Morgan fingerprint density at radius 2 is 1.71 bits per heavy atom. The van der Waals surface area contributed by atoms with Gasteiger partial charge in [-0.1, -0.05) is 30.3 Å². The highest BCUT2D eigenvalue weighted by atomic mass is 16.5. The van der Waals surface area contributed by atoms with E-state index in [9.17, 15) is 9.59 Å². The van der Waals surface area contributed by atoms with Crippen LogP contribution >= 0.6 is 0 Å². The van der Waals surface area contributed by atoms with Crippen LogP contribution in [0.25, 0.3) is 0 Å². The molecule has 2 N–H and O–H groups in total. The van der Waals surface area contributed by atoms with Crippen molar-refractivity contribution in [3.05, 3.63) is 59.7 Å². The van der Waals surface area contributed by atoms with Crippen LogP contribution < -0.4 is 15.5 Å². The maximum atomic E-state index is 13.1. The summed E-state index contributed by atoms with van der Waals surface area (Å²) in [5.74, 6) is -0.224. The predicted octanol–water partition coefficient (Wildman–Crippen LogP) is 4.02. The minimum atomic E-state index is -0.224.